The molecular weight excluding hydrogens is 677 g/mol. The van der Waals surface area contributed by atoms with E-state index in [1.807, 2.05) is 0 Å². The molecule has 13 rings (SSSR count). The molecule has 268 valence electrons. The molecule has 0 atom stereocenters. The van der Waals surface area contributed by atoms with E-state index in [2.05, 4.69) is 170 Å². The van der Waals surface area contributed by atoms with Crippen molar-refractivity contribution >= 4 is 10.8 Å². The first kappa shape index (κ1) is 32.2. The molecule has 0 aliphatic heterocycles. The van der Waals surface area contributed by atoms with E-state index in [1.54, 1.807) is 11.1 Å². The van der Waals surface area contributed by atoms with Gasteiger partial charge in [-0.05, 0) is 129 Å². The minimum absolute atomic E-state index is 0.0849. The Hall–Kier alpha value is -6.12. The molecule has 2 heteroatoms. The molecule has 0 unspecified atom stereocenters. The molecule has 4 saturated carbocycles. The van der Waals surface area contributed by atoms with Crippen LogP contribution in [0.5, 0.6) is 0 Å². The summed E-state index contributed by atoms with van der Waals surface area (Å²) >= 11 is 0. The molecule has 1 spiro atoms. The molecule has 0 radical (unpaired) electrons. The molecule has 56 heavy (non-hydrogen) atoms. The molecule has 0 amide bonds. The van der Waals surface area contributed by atoms with Crippen molar-refractivity contribution in [3.63, 3.8) is 0 Å². The molecule has 5 aliphatic rings. The van der Waals surface area contributed by atoms with Gasteiger partial charge in [-0.2, -0.15) is 0 Å². The highest BCUT2D eigenvalue weighted by molar-refractivity contribution is 6.01. The van der Waals surface area contributed by atoms with Gasteiger partial charge in [0.1, 0.15) is 0 Å². The first-order chi connectivity index (χ1) is 27.7. The molecule has 1 heterocycles. The van der Waals surface area contributed by atoms with Crippen LogP contribution in [-0.4, -0.2) is 9.97 Å². The number of hydrogen-bond donors (Lipinski definition) is 0. The highest BCUT2D eigenvalue weighted by Gasteiger charge is 2.61. The normalized spacial score (nSPS) is 22.7. The summed E-state index contributed by atoms with van der Waals surface area (Å²) in [7, 11) is 0. The third-order valence-electron chi connectivity index (χ3n) is 14.1. The molecule has 4 fully saturated rings. The minimum Gasteiger partial charge on any atom is -0.228 e. The fourth-order valence-electron chi connectivity index (χ4n) is 12.0. The Morgan fingerprint density at radius 2 is 0.929 bits per heavy atom. The molecule has 0 N–H and O–H groups in total. The van der Waals surface area contributed by atoms with E-state index in [9.17, 15) is 0 Å². The fraction of sp³-hybridized carbons (Fsp3) is 0.185. The first-order valence-corrected chi connectivity index (χ1v) is 20.6. The molecule has 7 aromatic carbocycles. The zero-order chi connectivity index (χ0) is 36.8. The molecular formula is C54H42N2. The monoisotopic (exact) mass is 718 g/mol. The van der Waals surface area contributed by atoms with Crippen LogP contribution in [0.15, 0.2) is 170 Å². The van der Waals surface area contributed by atoms with Crippen LogP contribution in [0.25, 0.3) is 78.1 Å². The summed E-state index contributed by atoms with van der Waals surface area (Å²) in [5.41, 5.74) is 16.2. The number of aromatic nitrogens is 2. The SMILES string of the molecule is c1ccc(-c2ccc(-c3cc(-c4ccccc4-c4cccc5c4-c4cc6ccccc6cc4C54C5CC6CC(C5)CC4C6)nc(-c4ccccc4)n3)cc2)cc1. The standard InChI is InChI=1S/C54H42N2/c1-3-12-36(13-4-1)37-22-24-38(25-23-37)50-33-51(56-53(55-50)39-14-5-2-6-15-39)45-19-10-9-18-44(45)46-20-11-21-48-52(46)47-31-40-16-7-8-17-41(40)32-49(47)54(48)42-27-34-26-35(29-42)30-43(54)28-34/h1-25,31-35,42-43H,26-30H2. The molecule has 8 aromatic rings. The van der Waals surface area contributed by atoms with Gasteiger partial charge in [-0.3, -0.25) is 0 Å². The van der Waals surface area contributed by atoms with Gasteiger partial charge >= 0.3 is 0 Å². The first-order valence-electron chi connectivity index (χ1n) is 20.6. The van der Waals surface area contributed by atoms with Crippen molar-refractivity contribution < 1.29 is 0 Å². The maximum atomic E-state index is 5.36. The Morgan fingerprint density at radius 1 is 0.375 bits per heavy atom. The summed E-state index contributed by atoms with van der Waals surface area (Å²) in [6, 6.07) is 62.4. The van der Waals surface area contributed by atoms with Gasteiger partial charge in [0.15, 0.2) is 5.82 Å². The largest absolute Gasteiger partial charge is 0.228 e. The van der Waals surface area contributed by atoms with Gasteiger partial charge in [0.25, 0.3) is 0 Å². The van der Waals surface area contributed by atoms with E-state index < -0.39 is 0 Å². The van der Waals surface area contributed by atoms with E-state index in [-0.39, 0.29) is 5.41 Å². The summed E-state index contributed by atoms with van der Waals surface area (Å²) in [5.74, 6) is 3.95. The van der Waals surface area contributed by atoms with Crippen LogP contribution in [0.2, 0.25) is 0 Å². The van der Waals surface area contributed by atoms with Crippen molar-refractivity contribution in [3.05, 3.63) is 181 Å². The topological polar surface area (TPSA) is 25.8 Å². The summed E-state index contributed by atoms with van der Waals surface area (Å²) in [4.78, 5) is 10.6. The van der Waals surface area contributed by atoms with Gasteiger partial charge in [0.2, 0.25) is 0 Å². The van der Waals surface area contributed by atoms with Crippen molar-refractivity contribution in [2.75, 3.05) is 0 Å². The lowest BCUT2D eigenvalue weighted by molar-refractivity contribution is -0.0398. The van der Waals surface area contributed by atoms with Gasteiger partial charge < -0.3 is 0 Å². The van der Waals surface area contributed by atoms with E-state index in [4.69, 9.17) is 9.97 Å². The Kier molecular flexibility index (Phi) is 7.15. The zero-order valence-electron chi connectivity index (χ0n) is 31.4. The van der Waals surface area contributed by atoms with Crippen LogP contribution in [0.3, 0.4) is 0 Å². The second-order valence-corrected chi connectivity index (χ2v) is 17.0. The van der Waals surface area contributed by atoms with Gasteiger partial charge in [-0.15, -0.1) is 0 Å². The maximum Gasteiger partial charge on any atom is 0.160 e. The summed E-state index contributed by atoms with van der Waals surface area (Å²) in [6.45, 7) is 0. The quantitative estimate of drug-likeness (QED) is 0.177. The zero-order valence-corrected chi connectivity index (χ0v) is 31.4. The maximum absolute atomic E-state index is 5.36. The molecule has 5 aliphatic carbocycles. The average Bonchev–Trinajstić information content (AvgIpc) is 3.54. The smallest absolute Gasteiger partial charge is 0.160 e. The number of rotatable bonds is 5. The Labute approximate surface area is 329 Å². The van der Waals surface area contributed by atoms with Crippen molar-refractivity contribution in [2.45, 2.75) is 37.5 Å². The van der Waals surface area contributed by atoms with Gasteiger partial charge in [-0.25, -0.2) is 9.97 Å². The molecule has 0 saturated heterocycles. The molecule has 4 bridgehead atoms. The van der Waals surface area contributed by atoms with Crippen molar-refractivity contribution in [3.8, 4) is 67.3 Å². The second-order valence-electron chi connectivity index (χ2n) is 17.0. The van der Waals surface area contributed by atoms with Crippen LogP contribution >= 0.6 is 0 Å². The Bertz CT molecular complexity index is 2770. The number of hydrogen-bond acceptors (Lipinski definition) is 2. The third kappa shape index (κ3) is 4.81. The van der Waals surface area contributed by atoms with Gasteiger partial charge in [-0.1, -0.05) is 152 Å². The van der Waals surface area contributed by atoms with Crippen molar-refractivity contribution in [2.24, 2.45) is 23.7 Å². The predicted octanol–water partition coefficient (Wildman–Crippen LogP) is 13.7. The van der Waals surface area contributed by atoms with Crippen LogP contribution < -0.4 is 0 Å². The van der Waals surface area contributed by atoms with Crippen molar-refractivity contribution in [1.29, 1.82) is 0 Å². The number of nitrogens with zero attached hydrogens (tertiary/aromatic N) is 2. The Morgan fingerprint density at radius 3 is 1.64 bits per heavy atom. The minimum atomic E-state index is 0.0849. The van der Waals surface area contributed by atoms with E-state index >= 15 is 0 Å². The lowest BCUT2D eigenvalue weighted by atomic mass is 9.43. The van der Waals surface area contributed by atoms with Crippen LogP contribution in [0.4, 0.5) is 0 Å². The summed E-state index contributed by atoms with van der Waals surface area (Å²) in [5, 5.41) is 2.69. The van der Waals surface area contributed by atoms with Crippen LogP contribution in [0, 0.1) is 23.7 Å². The Balaban J connectivity index is 1.06. The number of fused-ring (bicyclic) bond motifs is 4. The van der Waals surface area contributed by atoms with Gasteiger partial charge in [0, 0.05) is 22.1 Å². The van der Waals surface area contributed by atoms with E-state index in [0.29, 0.717) is 11.8 Å². The molecule has 1 aromatic heterocycles. The van der Waals surface area contributed by atoms with Gasteiger partial charge in [0.05, 0.1) is 11.4 Å². The average molecular weight is 719 g/mol. The van der Waals surface area contributed by atoms with Crippen LogP contribution in [-0.2, 0) is 5.41 Å². The second kappa shape index (κ2) is 12.4. The van der Waals surface area contributed by atoms with E-state index in [1.165, 1.54) is 76.3 Å². The highest BCUT2D eigenvalue weighted by Crippen LogP contribution is 2.70. The summed E-state index contributed by atoms with van der Waals surface area (Å²) in [6.07, 6.45) is 6.95. The number of benzene rings is 7. The van der Waals surface area contributed by atoms with Crippen molar-refractivity contribution in [1.82, 2.24) is 9.97 Å². The third-order valence-corrected chi connectivity index (χ3v) is 14.1. The summed E-state index contributed by atoms with van der Waals surface area (Å²) < 4.78 is 0. The van der Waals surface area contributed by atoms with E-state index in [0.717, 1.165) is 45.7 Å². The molecule has 2 nitrogen and oxygen atoms in total. The fourth-order valence-corrected chi connectivity index (χ4v) is 12.0. The predicted molar refractivity (Wildman–Crippen MR) is 230 cm³/mol. The van der Waals surface area contributed by atoms with Crippen LogP contribution in [0.1, 0.15) is 43.2 Å². The lowest BCUT2D eigenvalue weighted by Crippen LogP contribution is -2.55. The lowest BCUT2D eigenvalue weighted by Gasteiger charge is -2.61. The highest BCUT2D eigenvalue weighted by atomic mass is 14.9.